The van der Waals surface area contributed by atoms with E-state index in [4.69, 9.17) is 20.3 Å². The fourth-order valence-corrected chi connectivity index (χ4v) is 4.38. The van der Waals surface area contributed by atoms with Crippen LogP contribution in [0.3, 0.4) is 0 Å². The van der Waals surface area contributed by atoms with Crippen molar-refractivity contribution in [1.82, 2.24) is 24.2 Å². The standard InChI is InChI=1S/C19H20N6O9S/c20-16-13-17(22-7-21-16)25(8-23-13)18-15(29)14(28)11(34-18)6-33-19(30)9-1-3-10(4-2-9)35(31,32)24-5-12(26)27/h1-4,7-8,11,14-15,18,24,28-29H,5-6H2,(H,26,27)(H2,20,21,22)/t11-,14?,15+,18-/m1/s1. The Kier molecular flexibility index (Phi) is 6.64. The van der Waals surface area contributed by atoms with Gasteiger partial charge in [0.25, 0.3) is 0 Å². The van der Waals surface area contributed by atoms with E-state index in [1.54, 1.807) is 0 Å². The third kappa shape index (κ3) is 4.91. The minimum atomic E-state index is -4.07. The molecule has 186 valence electrons. The van der Waals surface area contributed by atoms with Gasteiger partial charge >= 0.3 is 11.9 Å². The summed E-state index contributed by atoms with van der Waals surface area (Å²) in [7, 11) is -4.07. The highest BCUT2D eigenvalue weighted by Gasteiger charge is 2.45. The van der Waals surface area contributed by atoms with Gasteiger partial charge in [0.2, 0.25) is 10.0 Å². The number of aliphatic hydroxyl groups excluding tert-OH is 2. The Morgan fingerprint density at radius 3 is 2.54 bits per heavy atom. The van der Waals surface area contributed by atoms with Crippen LogP contribution in [-0.2, 0) is 24.3 Å². The molecule has 1 saturated heterocycles. The summed E-state index contributed by atoms with van der Waals surface area (Å²) in [6.07, 6.45) is -2.43. The normalized spacial score (nSPS) is 22.3. The van der Waals surface area contributed by atoms with Gasteiger partial charge in [0.1, 0.15) is 43.3 Å². The number of carboxylic acid groups (broad SMARTS) is 1. The number of nitrogen functional groups attached to an aromatic ring is 1. The predicted octanol–water partition coefficient (Wildman–Crippen LogP) is -1.75. The number of nitrogens with zero attached hydrogens (tertiary/aromatic N) is 4. The van der Waals surface area contributed by atoms with E-state index in [0.29, 0.717) is 0 Å². The second kappa shape index (κ2) is 9.51. The van der Waals surface area contributed by atoms with E-state index in [-0.39, 0.29) is 27.4 Å². The summed E-state index contributed by atoms with van der Waals surface area (Å²) in [5, 5.41) is 29.4. The lowest BCUT2D eigenvalue weighted by molar-refractivity contribution is -0.135. The molecule has 35 heavy (non-hydrogen) atoms. The van der Waals surface area contributed by atoms with Gasteiger partial charge in [-0.2, -0.15) is 4.72 Å². The number of aromatic nitrogens is 4. The van der Waals surface area contributed by atoms with Crippen molar-refractivity contribution in [3.05, 3.63) is 42.5 Å². The molecule has 15 nitrogen and oxygen atoms in total. The number of anilines is 1. The van der Waals surface area contributed by atoms with Crippen molar-refractivity contribution in [3.8, 4) is 0 Å². The fourth-order valence-electron chi connectivity index (χ4n) is 3.40. The van der Waals surface area contributed by atoms with Crippen molar-refractivity contribution in [3.63, 3.8) is 0 Å². The molecular formula is C19H20N6O9S. The van der Waals surface area contributed by atoms with Crippen LogP contribution in [0.4, 0.5) is 5.82 Å². The summed E-state index contributed by atoms with van der Waals surface area (Å²) in [5.74, 6) is -2.06. The lowest BCUT2D eigenvalue weighted by atomic mass is 10.1. The molecule has 1 aliphatic heterocycles. The number of imidazole rings is 1. The number of ether oxygens (including phenoxy) is 2. The number of nitrogens with two attached hydrogens (primary N) is 1. The number of rotatable bonds is 8. The van der Waals surface area contributed by atoms with E-state index in [9.17, 15) is 28.2 Å². The molecule has 4 atom stereocenters. The van der Waals surface area contributed by atoms with Crippen LogP contribution in [0.1, 0.15) is 16.6 Å². The zero-order valence-electron chi connectivity index (χ0n) is 17.8. The zero-order valence-corrected chi connectivity index (χ0v) is 18.6. The van der Waals surface area contributed by atoms with Crippen LogP contribution in [0.15, 0.2) is 41.8 Å². The van der Waals surface area contributed by atoms with Crippen LogP contribution in [-0.4, -0.2) is 86.7 Å². The van der Waals surface area contributed by atoms with E-state index in [1.165, 1.54) is 29.4 Å². The minimum Gasteiger partial charge on any atom is -0.480 e. The third-order valence-electron chi connectivity index (χ3n) is 5.19. The molecule has 2 aromatic heterocycles. The molecular weight excluding hydrogens is 488 g/mol. The minimum absolute atomic E-state index is 0.000418. The zero-order chi connectivity index (χ0) is 25.3. The van der Waals surface area contributed by atoms with Crippen molar-refractivity contribution in [2.24, 2.45) is 0 Å². The van der Waals surface area contributed by atoms with E-state index >= 15 is 0 Å². The maximum atomic E-state index is 12.4. The molecule has 3 heterocycles. The Balaban J connectivity index is 1.40. The molecule has 16 heteroatoms. The number of sulfonamides is 1. The number of benzene rings is 1. The molecule has 4 rings (SSSR count). The molecule has 0 bridgehead atoms. The number of nitrogens with one attached hydrogen (secondary N) is 1. The molecule has 1 aromatic carbocycles. The number of carbonyl (C=O) groups is 2. The molecule has 6 N–H and O–H groups in total. The van der Waals surface area contributed by atoms with Crippen LogP contribution in [0, 0.1) is 0 Å². The van der Waals surface area contributed by atoms with E-state index in [2.05, 4.69) is 15.0 Å². The van der Waals surface area contributed by atoms with Crippen LogP contribution < -0.4 is 10.5 Å². The highest BCUT2D eigenvalue weighted by molar-refractivity contribution is 7.89. The molecule has 0 saturated carbocycles. The average Bonchev–Trinajstić information content (AvgIpc) is 3.38. The largest absolute Gasteiger partial charge is 0.480 e. The average molecular weight is 508 g/mol. The van der Waals surface area contributed by atoms with Crippen molar-refractivity contribution in [2.75, 3.05) is 18.9 Å². The summed E-state index contributed by atoms with van der Waals surface area (Å²) < 4.78 is 38.2. The Morgan fingerprint density at radius 1 is 1.14 bits per heavy atom. The van der Waals surface area contributed by atoms with Crippen molar-refractivity contribution < 1.29 is 42.8 Å². The Morgan fingerprint density at radius 2 is 1.86 bits per heavy atom. The van der Waals surface area contributed by atoms with Gasteiger partial charge in [-0.1, -0.05) is 0 Å². The van der Waals surface area contributed by atoms with Crippen LogP contribution in [0.2, 0.25) is 0 Å². The fraction of sp³-hybridized carbons (Fsp3) is 0.316. The second-order valence-electron chi connectivity index (χ2n) is 7.47. The maximum absolute atomic E-state index is 12.4. The number of fused-ring (bicyclic) bond motifs is 1. The molecule has 1 fully saturated rings. The monoisotopic (exact) mass is 508 g/mol. The van der Waals surface area contributed by atoms with Gasteiger partial charge < -0.3 is 30.5 Å². The lowest BCUT2D eigenvalue weighted by Gasteiger charge is -2.16. The highest BCUT2D eigenvalue weighted by Crippen LogP contribution is 2.32. The van der Waals surface area contributed by atoms with Crippen LogP contribution in [0.5, 0.6) is 0 Å². The molecule has 0 spiro atoms. The first-order valence-electron chi connectivity index (χ1n) is 10.0. The Labute approximate surface area is 197 Å². The maximum Gasteiger partial charge on any atom is 0.338 e. The van der Waals surface area contributed by atoms with Gasteiger partial charge in [0.05, 0.1) is 16.8 Å². The van der Waals surface area contributed by atoms with Gasteiger partial charge in [-0.15, -0.1) is 0 Å². The summed E-state index contributed by atoms with van der Waals surface area (Å²) >= 11 is 0. The molecule has 0 aliphatic carbocycles. The summed E-state index contributed by atoms with van der Waals surface area (Å²) in [4.78, 5) is 34.7. The Hall–Kier alpha value is -3.70. The number of aliphatic hydroxyl groups is 2. The number of hydrogen-bond donors (Lipinski definition) is 5. The third-order valence-corrected chi connectivity index (χ3v) is 6.61. The van der Waals surface area contributed by atoms with Gasteiger partial charge in [-0.05, 0) is 24.3 Å². The number of esters is 1. The lowest BCUT2D eigenvalue weighted by Crippen LogP contribution is -2.34. The molecule has 0 amide bonds. The number of aliphatic carboxylic acids is 1. The molecule has 1 aliphatic rings. The first-order valence-corrected chi connectivity index (χ1v) is 11.5. The van der Waals surface area contributed by atoms with Crippen molar-refractivity contribution >= 4 is 38.9 Å². The van der Waals surface area contributed by atoms with Gasteiger partial charge in [-0.3, -0.25) is 9.36 Å². The summed E-state index contributed by atoms with van der Waals surface area (Å²) in [6.45, 7) is -1.21. The molecule has 1 unspecified atom stereocenters. The quantitative estimate of drug-likeness (QED) is 0.213. The van der Waals surface area contributed by atoms with E-state index in [1.807, 2.05) is 4.72 Å². The SMILES string of the molecule is Nc1ncnc2c1ncn2[C@@H]1O[C@H](COC(=O)c2ccc(S(=O)(=O)NCC(=O)O)cc2)C(O)[C@@H]1O. The topological polar surface area (TPSA) is 229 Å². The van der Waals surface area contributed by atoms with Crippen LogP contribution >= 0.6 is 0 Å². The summed E-state index contributed by atoms with van der Waals surface area (Å²) in [6, 6.07) is 4.59. The number of hydrogen-bond acceptors (Lipinski definition) is 12. The van der Waals surface area contributed by atoms with E-state index < -0.39 is 59.7 Å². The van der Waals surface area contributed by atoms with Crippen molar-refractivity contribution in [1.29, 1.82) is 0 Å². The number of carbonyl (C=O) groups excluding carboxylic acids is 1. The van der Waals surface area contributed by atoms with Gasteiger partial charge in [0.15, 0.2) is 17.7 Å². The van der Waals surface area contributed by atoms with Crippen molar-refractivity contribution in [2.45, 2.75) is 29.4 Å². The predicted molar refractivity (Wildman–Crippen MR) is 115 cm³/mol. The Bertz CT molecular complexity index is 1360. The highest BCUT2D eigenvalue weighted by atomic mass is 32.2. The smallest absolute Gasteiger partial charge is 0.338 e. The second-order valence-corrected chi connectivity index (χ2v) is 9.24. The van der Waals surface area contributed by atoms with E-state index in [0.717, 1.165) is 12.1 Å². The first-order chi connectivity index (χ1) is 16.6. The van der Waals surface area contributed by atoms with Crippen LogP contribution in [0.25, 0.3) is 11.2 Å². The molecule has 0 radical (unpaired) electrons. The molecule has 3 aromatic rings. The van der Waals surface area contributed by atoms with Gasteiger partial charge in [0, 0.05) is 0 Å². The first kappa shape index (κ1) is 24.4. The number of carboxylic acids is 1. The van der Waals surface area contributed by atoms with Gasteiger partial charge in [-0.25, -0.2) is 28.2 Å². The summed E-state index contributed by atoms with van der Waals surface area (Å²) in [5.41, 5.74) is 6.32.